The predicted molar refractivity (Wildman–Crippen MR) is 98.9 cm³/mol. The quantitative estimate of drug-likeness (QED) is 0.528. The number of nitrogens with zero attached hydrogens (tertiary/aromatic N) is 2. The van der Waals surface area contributed by atoms with Crippen LogP contribution in [0.15, 0.2) is 44.6 Å². The predicted octanol–water partition coefficient (Wildman–Crippen LogP) is 3.27. The number of benzene rings is 1. The lowest BCUT2D eigenvalue weighted by Gasteiger charge is -2.14. The van der Waals surface area contributed by atoms with Crippen molar-refractivity contribution in [1.29, 1.82) is 0 Å². The van der Waals surface area contributed by atoms with E-state index < -0.39 is 22.9 Å². The van der Waals surface area contributed by atoms with E-state index in [1.54, 1.807) is 25.1 Å². The first-order valence-electron chi connectivity index (χ1n) is 7.46. The van der Waals surface area contributed by atoms with Gasteiger partial charge in [-0.25, -0.2) is 4.68 Å². The molecule has 25 heavy (non-hydrogen) atoms. The first-order chi connectivity index (χ1) is 12.0. The van der Waals surface area contributed by atoms with E-state index in [4.69, 9.17) is 11.6 Å². The van der Waals surface area contributed by atoms with Crippen LogP contribution in [0.25, 0.3) is 21.8 Å². The maximum Gasteiger partial charge on any atom is 0.280 e. The van der Waals surface area contributed by atoms with Crippen molar-refractivity contribution >= 4 is 44.7 Å². The van der Waals surface area contributed by atoms with Gasteiger partial charge < -0.3 is 10.1 Å². The summed E-state index contributed by atoms with van der Waals surface area (Å²) in [6, 6.07) is 6.17. The van der Waals surface area contributed by atoms with Crippen LogP contribution in [0.5, 0.6) is 5.88 Å². The van der Waals surface area contributed by atoms with Gasteiger partial charge in [0, 0.05) is 10.4 Å². The molecule has 0 bridgehead atoms. The summed E-state index contributed by atoms with van der Waals surface area (Å²) in [5.74, 6) is -0.407. The number of nitrogens with one attached hydrogen (secondary N) is 1. The number of aromatic nitrogens is 3. The molecule has 0 fully saturated rings. The van der Waals surface area contributed by atoms with Crippen molar-refractivity contribution < 1.29 is 5.11 Å². The minimum Gasteiger partial charge on any atom is -0.491 e. The van der Waals surface area contributed by atoms with Crippen LogP contribution in [0.1, 0.15) is 18.5 Å². The second-order valence-electron chi connectivity index (χ2n) is 5.70. The maximum atomic E-state index is 12.9. The molecule has 1 unspecified atom stereocenters. The molecule has 1 aromatic carbocycles. The largest absolute Gasteiger partial charge is 0.491 e. The van der Waals surface area contributed by atoms with Gasteiger partial charge in [0.05, 0.1) is 11.6 Å². The van der Waals surface area contributed by atoms with E-state index in [0.29, 0.717) is 15.9 Å². The number of fused-ring (bicyclic) bond motifs is 2. The number of aromatic amines is 1. The minimum atomic E-state index is -0.551. The fourth-order valence-corrected chi connectivity index (χ4v) is 3.78. The topological polar surface area (TPSA) is 88.0 Å². The van der Waals surface area contributed by atoms with Gasteiger partial charge in [-0.15, -0.1) is 5.10 Å². The summed E-state index contributed by atoms with van der Waals surface area (Å²) in [5.41, 5.74) is 0.310. The molecule has 0 aliphatic heterocycles. The Morgan fingerprint density at radius 3 is 2.84 bits per heavy atom. The van der Waals surface area contributed by atoms with Gasteiger partial charge in [0.15, 0.2) is 0 Å². The lowest BCUT2D eigenvalue weighted by atomic mass is 10.1. The molecule has 8 heteroatoms. The van der Waals surface area contributed by atoms with Crippen LogP contribution in [0.3, 0.4) is 0 Å². The molecule has 126 valence electrons. The molecular formula is C17H12ClN3O3S. The zero-order valence-electron chi connectivity index (χ0n) is 13.0. The standard InChI is InChI=1S/C17H12ClN3O3S/c1-8(9-4-5-25-7-9)21-17(24)13-14(16(23)20-21)19-12-6-10(18)2-3-11(12)15(13)22/h2-8H,1H3,(H,19,22)(H,20,23). The van der Waals surface area contributed by atoms with Gasteiger partial charge in [0.25, 0.3) is 11.4 Å². The summed E-state index contributed by atoms with van der Waals surface area (Å²) in [6.45, 7) is 1.79. The molecule has 0 saturated heterocycles. The number of thiophene rings is 1. The zero-order chi connectivity index (χ0) is 17.7. The van der Waals surface area contributed by atoms with Crippen LogP contribution in [0.2, 0.25) is 5.02 Å². The number of pyridine rings is 1. The van der Waals surface area contributed by atoms with Crippen LogP contribution < -0.4 is 11.0 Å². The second-order valence-corrected chi connectivity index (χ2v) is 6.92. The van der Waals surface area contributed by atoms with Gasteiger partial charge in [0.2, 0.25) is 5.43 Å². The number of hydrogen-bond donors (Lipinski definition) is 2. The Morgan fingerprint density at radius 1 is 1.32 bits per heavy atom. The second kappa shape index (κ2) is 5.72. The van der Waals surface area contributed by atoms with Crippen molar-refractivity contribution in [2.24, 2.45) is 0 Å². The average Bonchev–Trinajstić information content (AvgIpc) is 3.11. The highest BCUT2D eigenvalue weighted by molar-refractivity contribution is 7.07. The zero-order valence-corrected chi connectivity index (χ0v) is 14.6. The molecule has 1 atom stereocenters. The number of halogens is 1. The SMILES string of the molecule is CC(c1ccsc1)n1nc(O)c2[nH]c3cc(Cl)ccc3c(=O)c2c1=O. The Kier molecular flexibility index (Phi) is 3.63. The lowest BCUT2D eigenvalue weighted by molar-refractivity contribution is 0.416. The Bertz CT molecular complexity index is 1230. The summed E-state index contributed by atoms with van der Waals surface area (Å²) in [4.78, 5) is 28.6. The van der Waals surface area contributed by atoms with E-state index in [9.17, 15) is 14.7 Å². The highest BCUT2D eigenvalue weighted by Gasteiger charge is 2.20. The van der Waals surface area contributed by atoms with E-state index >= 15 is 0 Å². The van der Waals surface area contributed by atoms with E-state index in [0.717, 1.165) is 10.2 Å². The van der Waals surface area contributed by atoms with Crippen LogP contribution in [0, 0.1) is 0 Å². The molecule has 0 spiro atoms. The molecule has 0 amide bonds. The normalized spacial score (nSPS) is 12.7. The molecular weight excluding hydrogens is 362 g/mol. The van der Waals surface area contributed by atoms with Gasteiger partial charge in [-0.1, -0.05) is 11.6 Å². The summed E-state index contributed by atoms with van der Waals surface area (Å²) in [5, 5.41) is 18.7. The van der Waals surface area contributed by atoms with Crippen LogP contribution in [-0.4, -0.2) is 19.9 Å². The Hall–Kier alpha value is -2.64. The fraction of sp³-hybridized carbons (Fsp3) is 0.118. The summed E-state index contributed by atoms with van der Waals surface area (Å²) in [6.07, 6.45) is 0. The third-order valence-electron chi connectivity index (χ3n) is 4.20. The molecule has 4 aromatic rings. The molecule has 0 radical (unpaired) electrons. The summed E-state index contributed by atoms with van der Waals surface area (Å²) < 4.78 is 1.14. The molecule has 0 aliphatic rings. The Morgan fingerprint density at radius 2 is 2.12 bits per heavy atom. The van der Waals surface area contributed by atoms with Crippen molar-refractivity contribution in [3.8, 4) is 5.88 Å². The number of hydrogen-bond acceptors (Lipinski definition) is 5. The van der Waals surface area contributed by atoms with Crippen molar-refractivity contribution in [2.45, 2.75) is 13.0 Å². The fourth-order valence-electron chi connectivity index (χ4n) is 2.86. The number of rotatable bonds is 2. The molecule has 6 nitrogen and oxygen atoms in total. The van der Waals surface area contributed by atoms with Crippen LogP contribution in [0.4, 0.5) is 0 Å². The monoisotopic (exact) mass is 373 g/mol. The van der Waals surface area contributed by atoms with Crippen molar-refractivity contribution in [1.82, 2.24) is 14.8 Å². The van der Waals surface area contributed by atoms with Gasteiger partial charge in [0.1, 0.15) is 10.9 Å². The maximum absolute atomic E-state index is 12.9. The van der Waals surface area contributed by atoms with Gasteiger partial charge in [-0.05, 0) is 47.5 Å². The molecule has 3 heterocycles. The number of H-pyrrole nitrogens is 1. The molecule has 4 rings (SSSR count). The first-order valence-corrected chi connectivity index (χ1v) is 8.78. The van der Waals surface area contributed by atoms with Gasteiger partial charge >= 0.3 is 0 Å². The van der Waals surface area contributed by atoms with Crippen molar-refractivity contribution in [2.75, 3.05) is 0 Å². The van der Waals surface area contributed by atoms with E-state index in [1.165, 1.54) is 11.3 Å². The molecule has 0 saturated carbocycles. The smallest absolute Gasteiger partial charge is 0.280 e. The molecule has 3 aromatic heterocycles. The van der Waals surface area contributed by atoms with Crippen molar-refractivity contribution in [3.05, 3.63) is 66.2 Å². The summed E-state index contributed by atoms with van der Waals surface area (Å²) in [7, 11) is 0. The van der Waals surface area contributed by atoms with Crippen LogP contribution in [-0.2, 0) is 0 Å². The summed E-state index contributed by atoms with van der Waals surface area (Å²) >= 11 is 7.45. The minimum absolute atomic E-state index is 0.0125. The highest BCUT2D eigenvalue weighted by Crippen LogP contribution is 2.23. The third kappa shape index (κ3) is 2.43. The first kappa shape index (κ1) is 15.9. The van der Waals surface area contributed by atoms with Gasteiger partial charge in [-0.2, -0.15) is 11.3 Å². The Balaban J connectivity index is 2.10. The van der Waals surface area contributed by atoms with E-state index in [2.05, 4.69) is 10.1 Å². The number of aromatic hydroxyl groups is 1. The van der Waals surface area contributed by atoms with Gasteiger partial charge in [-0.3, -0.25) is 9.59 Å². The van der Waals surface area contributed by atoms with E-state index in [-0.39, 0.29) is 10.9 Å². The lowest BCUT2D eigenvalue weighted by Crippen LogP contribution is -2.30. The Labute approximate surface area is 149 Å². The van der Waals surface area contributed by atoms with Crippen LogP contribution >= 0.6 is 22.9 Å². The molecule has 0 aliphatic carbocycles. The third-order valence-corrected chi connectivity index (χ3v) is 5.14. The van der Waals surface area contributed by atoms with Crippen molar-refractivity contribution in [3.63, 3.8) is 0 Å². The average molecular weight is 374 g/mol. The molecule has 2 N–H and O–H groups in total. The highest BCUT2D eigenvalue weighted by atomic mass is 35.5. The van der Waals surface area contributed by atoms with E-state index in [1.807, 2.05) is 16.8 Å².